The molecule has 174 valence electrons. The average Bonchev–Trinajstić information content (AvgIpc) is 3.43. The lowest BCUT2D eigenvalue weighted by Crippen LogP contribution is -2.57. The molecule has 0 radical (unpaired) electrons. The molecule has 0 spiro atoms. The van der Waals surface area contributed by atoms with Crippen LogP contribution in [-0.4, -0.2) is 82.3 Å². The molecule has 2 amide bonds. The van der Waals surface area contributed by atoms with Crippen molar-refractivity contribution < 1.29 is 31.9 Å². The van der Waals surface area contributed by atoms with Crippen LogP contribution >= 0.6 is 0 Å². The molecule has 3 fully saturated rings. The van der Waals surface area contributed by atoms with Crippen molar-refractivity contribution in [3.63, 3.8) is 0 Å². The van der Waals surface area contributed by atoms with Gasteiger partial charge in [0.05, 0.1) is 18.1 Å². The summed E-state index contributed by atoms with van der Waals surface area (Å²) < 4.78 is 51.9. The van der Waals surface area contributed by atoms with E-state index < -0.39 is 36.0 Å². The van der Waals surface area contributed by atoms with Crippen LogP contribution in [0.1, 0.15) is 24.8 Å². The van der Waals surface area contributed by atoms with Crippen LogP contribution in [0.15, 0.2) is 24.3 Å². The van der Waals surface area contributed by atoms with Crippen LogP contribution in [0.5, 0.6) is 0 Å². The number of Topliss-reactive ketones (excluding diaryl/α,β-unsaturated/α-hetero) is 1. The highest BCUT2D eigenvalue weighted by Crippen LogP contribution is 2.33. The zero-order valence-electron chi connectivity index (χ0n) is 17.2. The predicted octanol–water partition coefficient (Wildman–Crippen LogP) is 1.06. The quantitative estimate of drug-likeness (QED) is 0.647. The largest absolute Gasteiger partial charge is 0.452 e. The molecule has 0 saturated carbocycles. The summed E-state index contributed by atoms with van der Waals surface area (Å²) in [7, 11) is 0. The average molecular weight is 456 g/mol. The summed E-state index contributed by atoms with van der Waals surface area (Å²) in [6, 6.07) is 2.77. The van der Waals surface area contributed by atoms with E-state index >= 15 is 0 Å². The topological polar surface area (TPSA) is 86.9 Å². The first kappa shape index (κ1) is 22.7. The molecule has 11 heteroatoms. The van der Waals surface area contributed by atoms with Gasteiger partial charge in [0.15, 0.2) is 0 Å². The number of alkyl halides is 3. The summed E-state index contributed by atoms with van der Waals surface area (Å²) in [5, 5.41) is 0. The summed E-state index contributed by atoms with van der Waals surface area (Å²) in [6.45, 7) is 0.817. The molecule has 32 heavy (non-hydrogen) atoms. The molecule has 3 heterocycles. The summed E-state index contributed by atoms with van der Waals surface area (Å²) in [6.07, 6.45) is -4.21. The van der Waals surface area contributed by atoms with Crippen LogP contribution in [0.25, 0.3) is 0 Å². The second-order valence-corrected chi connectivity index (χ2v) is 8.61. The minimum absolute atomic E-state index is 0.0168. The maximum Gasteiger partial charge on any atom is 0.452 e. The third-order valence-corrected chi connectivity index (χ3v) is 6.50. The Labute approximate surface area is 182 Å². The van der Waals surface area contributed by atoms with Crippen molar-refractivity contribution in [3.8, 4) is 0 Å². The van der Waals surface area contributed by atoms with E-state index in [1.165, 1.54) is 12.1 Å². The van der Waals surface area contributed by atoms with Crippen LogP contribution in [0, 0.1) is 5.82 Å². The maximum absolute atomic E-state index is 13.4. The van der Waals surface area contributed by atoms with Crippen LogP contribution < -0.4 is 5.73 Å². The van der Waals surface area contributed by atoms with Crippen molar-refractivity contribution in [1.29, 1.82) is 0 Å². The fourth-order valence-corrected chi connectivity index (χ4v) is 5.01. The molecule has 3 aliphatic rings. The summed E-state index contributed by atoms with van der Waals surface area (Å²) >= 11 is 0. The second kappa shape index (κ2) is 8.43. The first-order valence-electron chi connectivity index (χ1n) is 10.5. The number of rotatable bonds is 6. The molecule has 3 aliphatic heterocycles. The van der Waals surface area contributed by atoms with Gasteiger partial charge >= 0.3 is 6.18 Å². The Kier molecular flexibility index (Phi) is 5.97. The van der Waals surface area contributed by atoms with Crippen molar-refractivity contribution in [2.24, 2.45) is 5.73 Å². The van der Waals surface area contributed by atoms with Gasteiger partial charge in [-0.3, -0.25) is 19.3 Å². The number of ketones is 1. The number of nitrogens with two attached hydrogens (primary N) is 1. The number of halogens is 4. The summed E-state index contributed by atoms with van der Waals surface area (Å²) in [5.74, 6) is -3.16. The Morgan fingerprint density at radius 3 is 2.66 bits per heavy atom. The zero-order valence-corrected chi connectivity index (χ0v) is 17.2. The van der Waals surface area contributed by atoms with Crippen LogP contribution in [0.3, 0.4) is 0 Å². The number of likely N-dealkylation sites (tertiary alicyclic amines) is 3. The molecule has 4 rings (SSSR count). The number of benzene rings is 1. The molecule has 0 aromatic heterocycles. The van der Waals surface area contributed by atoms with Crippen molar-refractivity contribution in [2.45, 2.75) is 56.2 Å². The fraction of sp³-hybridized carbons (Fsp3) is 0.571. The predicted molar refractivity (Wildman–Crippen MR) is 104 cm³/mol. The number of hydrogen-bond donors (Lipinski definition) is 1. The van der Waals surface area contributed by atoms with Crippen LogP contribution in [0.4, 0.5) is 17.6 Å². The SMILES string of the molecule is N[C@@H](CN1C[C@@H]2CC1C(=O)N2Cc1cccc(F)c1)C(=O)N1CCCC1C(=O)C(F)(F)F. The number of hydrogen-bond acceptors (Lipinski definition) is 5. The van der Waals surface area contributed by atoms with Gasteiger partial charge in [0.25, 0.3) is 5.78 Å². The van der Waals surface area contributed by atoms with Gasteiger partial charge in [0.1, 0.15) is 5.82 Å². The van der Waals surface area contributed by atoms with Crippen molar-refractivity contribution >= 4 is 17.6 Å². The van der Waals surface area contributed by atoms with E-state index in [0.29, 0.717) is 24.9 Å². The Bertz CT molecular complexity index is 925. The molecule has 1 aromatic carbocycles. The lowest BCUT2D eigenvalue weighted by Gasteiger charge is -2.35. The highest BCUT2D eigenvalue weighted by molar-refractivity contribution is 5.94. The third-order valence-electron chi connectivity index (χ3n) is 6.50. The van der Waals surface area contributed by atoms with Gasteiger partial charge in [-0.2, -0.15) is 13.2 Å². The Morgan fingerprint density at radius 2 is 2.00 bits per heavy atom. The van der Waals surface area contributed by atoms with E-state index in [2.05, 4.69) is 0 Å². The zero-order chi connectivity index (χ0) is 23.2. The molecular formula is C21H24F4N4O3. The number of carbonyl (C=O) groups excluding carboxylic acids is 3. The molecule has 7 nitrogen and oxygen atoms in total. The monoisotopic (exact) mass is 456 g/mol. The second-order valence-electron chi connectivity index (χ2n) is 8.61. The number of carbonyl (C=O) groups is 3. The first-order chi connectivity index (χ1) is 15.1. The standard InChI is InChI=1S/C21H24F4N4O3/c22-13-4-1-3-12(7-13)9-29-14-8-17(20(29)32)27(10-14)11-15(26)19(31)28-6-2-5-16(28)18(30)21(23,24)25/h1,3-4,7,14-17H,2,5-6,8-11,26H2/t14-,15-,16?,17?/m0/s1. The molecule has 0 aliphatic carbocycles. The Balaban J connectivity index is 1.36. The molecular weight excluding hydrogens is 432 g/mol. The maximum atomic E-state index is 13.4. The van der Waals surface area contributed by atoms with E-state index in [1.54, 1.807) is 21.9 Å². The van der Waals surface area contributed by atoms with Crippen molar-refractivity contribution in [3.05, 3.63) is 35.6 Å². The molecule has 2 bridgehead atoms. The van der Waals surface area contributed by atoms with Gasteiger partial charge in [-0.25, -0.2) is 4.39 Å². The number of fused-ring (bicyclic) bond motifs is 2. The van der Waals surface area contributed by atoms with Crippen molar-refractivity contribution in [2.75, 3.05) is 19.6 Å². The van der Waals surface area contributed by atoms with E-state index in [0.717, 1.165) is 4.90 Å². The molecule has 2 unspecified atom stereocenters. The van der Waals surface area contributed by atoms with E-state index in [1.807, 2.05) is 0 Å². The van der Waals surface area contributed by atoms with E-state index in [9.17, 15) is 31.9 Å². The fourth-order valence-electron chi connectivity index (χ4n) is 5.01. The lowest BCUT2D eigenvalue weighted by molar-refractivity contribution is -0.177. The minimum Gasteiger partial charge on any atom is -0.333 e. The Hall–Kier alpha value is -2.53. The molecule has 2 N–H and O–H groups in total. The van der Waals surface area contributed by atoms with E-state index in [4.69, 9.17) is 5.73 Å². The summed E-state index contributed by atoms with van der Waals surface area (Å²) in [5.41, 5.74) is 6.69. The van der Waals surface area contributed by atoms with Gasteiger partial charge in [-0.05, 0) is 37.0 Å². The molecule has 4 atom stereocenters. The first-order valence-corrected chi connectivity index (χ1v) is 10.5. The van der Waals surface area contributed by atoms with Crippen molar-refractivity contribution in [1.82, 2.24) is 14.7 Å². The van der Waals surface area contributed by atoms with Gasteiger partial charge < -0.3 is 15.5 Å². The van der Waals surface area contributed by atoms with E-state index in [-0.39, 0.29) is 43.8 Å². The van der Waals surface area contributed by atoms with Gasteiger partial charge in [0, 0.05) is 32.2 Å². The smallest absolute Gasteiger partial charge is 0.333 e. The summed E-state index contributed by atoms with van der Waals surface area (Å²) in [4.78, 5) is 41.6. The minimum atomic E-state index is -5.01. The molecule has 3 saturated heterocycles. The number of amides is 2. The third kappa shape index (κ3) is 4.23. The van der Waals surface area contributed by atoms with Crippen LogP contribution in [0.2, 0.25) is 0 Å². The highest BCUT2D eigenvalue weighted by atomic mass is 19.4. The lowest BCUT2D eigenvalue weighted by atomic mass is 10.1. The van der Waals surface area contributed by atoms with Crippen LogP contribution in [-0.2, 0) is 20.9 Å². The van der Waals surface area contributed by atoms with Gasteiger partial charge in [-0.15, -0.1) is 0 Å². The molecule has 1 aromatic rings. The highest BCUT2D eigenvalue weighted by Gasteiger charge is 2.51. The van der Waals surface area contributed by atoms with Gasteiger partial charge in [-0.1, -0.05) is 12.1 Å². The van der Waals surface area contributed by atoms with Gasteiger partial charge in [0.2, 0.25) is 11.8 Å². The number of piperazine rings is 1. The number of nitrogens with zero attached hydrogens (tertiary/aromatic N) is 3. The Morgan fingerprint density at radius 1 is 1.25 bits per heavy atom. The normalized spacial score (nSPS) is 26.8.